The van der Waals surface area contributed by atoms with Gasteiger partial charge in [-0.25, -0.2) is 12.4 Å². The molecule has 0 saturated carbocycles. The summed E-state index contributed by atoms with van der Waals surface area (Å²) in [6.07, 6.45) is 4.84. The van der Waals surface area contributed by atoms with Gasteiger partial charge >= 0.3 is 0 Å². The number of ether oxygens (including phenoxy) is 2. The zero-order chi connectivity index (χ0) is 25.3. The van der Waals surface area contributed by atoms with E-state index in [2.05, 4.69) is 31.3 Å². The van der Waals surface area contributed by atoms with E-state index in [1.54, 1.807) is 12.1 Å². The van der Waals surface area contributed by atoms with E-state index in [4.69, 9.17) is 9.47 Å². The Kier molecular flexibility index (Phi) is 6.92. The fraction of sp³-hybridized carbons (Fsp3) is 0.310. The molecule has 5 rings (SSSR count). The summed E-state index contributed by atoms with van der Waals surface area (Å²) in [6, 6.07) is 23.2. The molecule has 2 heterocycles. The van der Waals surface area contributed by atoms with Crippen LogP contribution in [-0.4, -0.2) is 33.4 Å². The Morgan fingerprint density at radius 1 is 0.944 bits per heavy atom. The largest absolute Gasteiger partial charge is 0.353 e. The number of para-hydroxylation sites is 1. The lowest BCUT2D eigenvalue weighted by Crippen LogP contribution is -2.54. The maximum Gasteiger partial charge on any atom is 0.268 e. The van der Waals surface area contributed by atoms with Crippen LogP contribution in [0.3, 0.4) is 0 Å². The third-order valence-electron chi connectivity index (χ3n) is 7.18. The lowest BCUT2D eigenvalue weighted by atomic mass is 10.2. The number of rotatable bonds is 7. The number of aromatic nitrogens is 1. The van der Waals surface area contributed by atoms with Crippen molar-refractivity contribution in [3.63, 3.8) is 0 Å². The fourth-order valence-corrected chi connectivity index (χ4v) is 9.66. The van der Waals surface area contributed by atoms with Crippen molar-refractivity contribution in [3.8, 4) is 0 Å². The van der Waals surface area contributed by atoms with Crippen LogP contribution in [0.25, 0.3) is 10.9 Å². The summed E-state index contributed by atoms with van der Waals surface area (Å²) in [7, 11) is -6.07. The van der Waals surface area contributed by atoms with Crippen molar-refractivity contribution in [2.45, 2.75) is 57.1 Å². The minimum atomic E-state index is -3.74. The van der Waals surface area contributed by atoms with Gasteiger partial charge in [-0.05, 0) is 60.3 Å². The molecule has 1 aromatic heterocycles. The molecule has 0 N–H and O–H groups in total. The Morgan fingerprint density at radius 2 is 1.67 bits per heavy atom. The fourth-order valence-electron chi connectivity index (χ4n) is 5.10. The van der Waals surface area contributed by atoms with Gasteiger partial charge in [0.25, 0.3) is 10.0 Å². The summed E-state index contributed by atoms with van der Waals surface area (Å²) in [5.41, 5.74) is 2.87. The summed E-state index contributed by atoms with van der Waals surface area (Å²) in [5.74, 6) is 0. The zero-order valence-corrected chi connectivity index (χ0v) is 22.9. The second-order valence-corrected chi connectivity index (χ2v) is 16.2. The van der Waals surface area contributed by atoms with Gasteiger partial charge in [0.2, 0.25) is 0 Å². The van der Waals surface area contributed by atoms with E-state index < -0.39 is 18.1 Å². The summed E-state index contributed by atoms with van der Waals surface area (Å²) >= 11 is 0. The van der Waals surface area contributed by atoms with Crippen LogP contribution < -0.4 is 10.4 Å². The third kappa shape index (κ3) is 4.68. The van der Waals surface area contributed by atoms with Crippen LogP contribution >= 0.6 is 0 Å². The van der Waals surface area contributed by atoms with E-state index in [1.807, 2.05) is 55.6 Å². The number of aryl methyl sites for hydroxylation is 1. The van der Waals surface area contributed by atoms with E-state index in [-0.39, 0.29) is 6.29 Å². The molecule has 0 bridgehead atoms. The van der Waals surface area contributed by atoms with Crippen molar-refractivity contribution in [2.75, 3.05) is 6.61 Å². The number of hydrogen-bond donors (Lipinski definition) is 0. The van der Waals surface area contributed by atoms with E-state index in [9.17, 15) is 8.42 Å². The van der Waals surface area contributed by atoms with Gasteiger partial charge in [0.05, 0.1) is 17.0 Å². The highest BCUT2D eigenvalue weighted by Crippen LogP contribution is 2.25. The Morgan fingerprint density at radius 3 is 2.42 bits per heavy atom. The molecule has 1 unspecified atom stereocenters. The predicted molar refractivity (Wildman–Crippen MR) is 147 cm³/mol. The molecule has 1 aliphatic rings. The van der Waals surface area contributed by atoms with Gasteiger partial charge in [-0.15, -0.1) is 0 Å². The van der Waals surface area contributed by atoms with Gasteiger partial charge in [0.15, 0.2) is 6.29 Å². The molecule has 7 heteroatoms. The molecule has 4 aromatic rings. The molecule has 36 heavy (non-hydrogen) atoms. The topological polar surface area (TPSA) is 57.5 Å². The smallest absolute Gasteiger partial charge is 0.268 e. The van der Waals surface area contributed by atoms with Gasteiger partial charge in [0.1, 0.15) is 8.07 Å². The van der Waals surface area contributed by atoms with Gasteiger partial charge < -0.3 is 9.47 Å². The average molecular weight is 520 g/mol. The monoisotopic (exact) mass is 519 g/mol. The zero-order valence-electron chi connectivity index (χ0n) is 21.1. The van der Waals surface area contributed by atoms with E-state index >= 15 is 0 Å². The van der Waals surface area contributed by atoms with Crippen molar-refractivity contribution in [2.24, 2.45) is 0 Å². The first kappa shape index (κ1) is 25.0. The molecule has 1 aliphatic heterocycles. The molecule has 0 amide bonds. The quantitative estimate of drug-likeness (QED) is 0.321. The number of hydrogen-bond acceptors (Lipinski definition) is 4. The van der Waals surface area contributed by atoms with Gasteiger partial charge in [-0.3, -0.25) is 0 Å². The molecule has 5 nitrogen and oxygen atoms in total. The first-order valence-corrected chi connectivity index (χ1v) is 17.0. The van der Waals surface area contributed by atoms with Crippen LogP contribution in [0.4, 0.5) is 0 Å². The van der Waals surface area contributed by atoms with Crippen LogP contribution in [0.15, 0.2) is 83.9 Å². The van der Waals surface area contributed by atoms with Crippen molar-refractivity contribution in [3.05, 3.63) is 90.1 Å². The molecular formula is C29H33NO4SSi. The van der Waals surface area contributed by atoms with Crippen molar-refractivity contribution in [1.29, 1.82) is 0 Å². The molecule has 0 aliphatic carbocycles. The summed E-state index contributed by atoms with van der Waals surface area (Å²) in [5, 5.41) is 3.32. The normalized spacial score (nSPS) is 16.9. The summed E-state index contributed by atoms with van der Waals surface area (Å²) in [6.45, 7) is 7.76. The third-order valence-corrected chi connectivity index (χ3v) is 12.4. The second kappa shape index (κ2) is 9.98. The highest BCUT2D eigenvalue weighted by molar-refractivity contribution is 7.90. The van der Waals surface area contributed by atoms with Crippen LogP contribution in [0.5, 0.6) is 0 Å². The van der Waals surface area contributed by atoms with Crippen LogP contribution in [0.1, 0.15) is 30.4 Å². The van der Waals surface area contributed by atoms with Gasteiger partial charge in [0, 0.05) is 18.2 Å². The van der Waals surface area contributed by atoms with Crippen molar-refractivity contribution >= 4 is 39.4 Å². The van der Waals surface area contributed by atoms with Gasteiger partial charge in [-0.1, -0.05) is 73.3 Å². The summed E-state index contributed by atoms with van der Waals surface area (Å²) in [4.78, 5) is 0.293. The minimum absolute atomic E-state index is 0.154. The Hall–Kier alpha value is -2.71. The maximum absolute atomic E-state index is 13.7. The first-order chi connectivity index (χ1) is 17.3. The minimum Gasteiger partial charge on any atom is -0.353 e. The SMILES string of the molecule is Cc1ccc(S(=O)(=O)n2cc([Si](C)(C)c3ccccc3COC3CCCCO3)c3ccccc32)cc1. The second-order valence-electron chi connectivity index (χ2n) is 10.1. The molecule has 0 spiro atoms. The highest BCUT2D eigenvalue weighted by Gasteiger charge is 2.33. The predicted octanol–water partition coefficient (Wildman–Crippen LogP) is 5.05. The lowest BCUT2D eigenvalue weighted by Gasteiger charge is -2.27. The van der Waals surface area contributed by atoms with Crippen molar-refractivity contribution in [1.82, 2.24) is 3.97 Å². The van der Waals surface area contributed by atoms with E-state index in [0.717, 1.165) is 47.6 Å². The van der Waals surface area contributed by atoms with Crippen LogP contribution in [0, 0.1) is 6.92 Å². The Labute approximate surface area is 214 Å². The van der Waals surface area contributed by atoms with Crippen LogP contribution in [-0.2, 0) is 26.1 Å². The standard InChI is InChI=1S/C29H33NO4SSi/c1-22-15-17-24(18-16-22)35(31,32)30-20-28(25-11-5-6-12-26(25)30)36(2,3)27-13-7-4-10-23(27)21-34-29-14-8-9-19-33-29/h4-7,10-13,15-18,20,29H,8-9,14,19,21H2,1-3H3. The highest BCUT2D eigenvalue weighted by atomic mass is 32.2. The summed E-state index contributed by atoms with van der Waals surface area (Å²) < 4.78 is 40.8. The number of nitrogens with zero attached hydrogens (tertiary/aromatic N) is 1. The van der Waals surface area contributed by atoms with Crippen molar-refractivity contribution < 1.29 is 17.9 Å². The van der Waals surface area contributed by atoms with E-state index in [0.29, 0.717) is 17.0 Å². The molecule has 3 aromatic carbocycles. The molecule has 0 radical (unpaired) electrons. The molecule has 1 saturated heterocycles. The Bertz CT molecular complexity index is 1470. The number of fused-ring (bicyclic) bond motifs is 1. The molecular weight excluding hydrogens is 486 g/mol. The molecule has 188 valence electrons. The van der Waals surface area contributed by atoms with Gasteiger partial charge in [-0.2, -0.15) is 0 Å². The molecule has 1 fully saturated rings. The lowest BCUT2D eigenvalue weighted by molar-refractivity contribution is -0.168. The average Bonchev–Trinajstić information content (AvgIpc) is 3.30. The van der Waals surface area contributed by atoms with Crippen LogP contribution in [0.2, 0.25) is 13.1 Å². The Balaban J connectivity index is 1.57. The first-order valence-electron chi connectivity index (χ1n) is 12.5. The maximum atomic E-state index is 13.7. The van der Waals surface area contributed by atoms with E-state index in [1.165, 1.54) is 9.16 Å². The number of benzene rings is 3. The molecule has 1 atom stereocenters.